The molecule has 0 amide bonds. The highest BCUT2D eigenvalue weighted by Crippen LogP contribution is 2.25. The number of hydrogen-bond donors (Lipinski definition) is 1. The maximum atomic E-state index is 13.4. The van der Waals surface area contributed by atoms with Crippen LogP contribution < -0.4 is 5.32 Å². The SMILES string of the molecule is CNCCOCCc1cc(Cl)c(Br)cc1F. The van der Waals surface area contributed by atoms with Gasteiger partial charge in [0, 0.05) is 11.0 Å². The summed E-state index contributed by atoms with van der Waals surface area (Å²) in [6.07, 6.45) is 0.530. The molecule has 1 aromatic carbocycles. The average molecular weight is 311 g/mol. The zero-order chi connectivity index (χ0) is 12.0. The van der Waals surface area contributed by atoms with Gasteiger partial charge in [-0.2, -0.15) is 0 Å². The quantitative estimate of drug-likeness (QED) is 0.644. The van der Waals surface area contributed by atoms with Gasteiger partial charge in [0.25, 0.3) is 0 Å². The van der Waals surface area contributed by atoms with Crippen molar-refractivity contribution in [2.75, 3.05) is 26.8 Å². The summed E-state index contributed by atoms with van der Waals surface area (Å²) in [5.41, 5.74) is 0.581. The maximum absolute atomic E-state index is 13.4. The Bertz CT molecular complexity index is 349. The fourth-order valence-electron chi connectivity index (χ4n) is 1.21. The predicted octanol–water partition coefficient (Wildman–Crippen LogP) is 3.02. The Labute approximate surface area is 108 Å². The number of ether oxygens (including phenoxy) is 1. The van der Waals surface area contributed by atoms with Crippen molar-refractivity contribution in [2.45, 2.75) is 6.42 Å². The molecule has 0 radical (unpaired) electrons. The van der Waals surface area contributed by atoms with E-state index < -0.39 is 0 Å². The monoisotopic (exact) mass is 309 g/mol. The normalized spacial score (nSPS) is 10.8. The van der Waals surface area contributed by atoms with Gasteiger partial charge in [0.1, 0.15) is 5.82 Å². The highest BCUT2D eigenvalue weighted by Gasteiger charge is 2.06. The summed E-state index contributed by atoms with van der Waals surface area (Å²) in [5, 5.41) is 3.49. The summed E-state index contributed by atoms with van der Waals surface area (Å²) in [5.74, 6) is -0.256. The first-order valence-electron chi connectivity index (χ1n) is 5.01. The molecule has 1 rings (SSSR count). The molecule has 90 valence electrons. The van der Waals surface area contributed by atoms with Crippen molar-refractivity contribution < 1.29 is 9.13 Å². The van der Waals surface area contributed by atoms with E-state index in [1.807, 2.05) is 7.05 Å². The van der Waals surface area contributed by atoms with Gasteiger partial charge in [-0.05, 0) is 47.1 Å². The summed E-state index contributed by atoms with van der Waals surface area (Å²) < 4.78 is 19.3. The maximum Gasteiger partial charge on any atom is 0.127 e. The van der Waals surface area contributed by atoms with E-state index in [9.17, 15) is 4.39 Å². The minimum atomic E-state index is -0.256. The van der Waals surface area contributed by atoms with E-state index in [1.165, 1.54) is 6.07 Å². The lowest BCUT2D eigenvalue weighted by Gasteiger charge is -2.06. The molecule has 16 heavy (non-hydrogen) atoms. The summed E-state index contributed by atoms with van der Waals surface area (Å²) in [7, 11) is 1.86. The Balaban J connectivity index is 2.45. The second-order valence-corrected chi connectivity index (χ2v) is 4.59. The number of likely N-dealkylation sites (N-methyl/N-ethyl adjacent to an activating group) is 1. The molecule has 0 aromatic heterocycles. The van der Waals surface area contributed by atoms with E-state index in [0.29, 0.717) is 34.7 Å². The van der Waals surface area contributed by atoms with Crippen LogP contribution in [0.15, 0.2) is 16.6 Å². The fraction of sp³-hybridized carbons (Fsp3) is 0.455. The first-order chi connectivity index (χ1) is 7.65. The third-order valence-corrected chi connectivity index (χ3v) is 3.30. The van der Waals surface area contributed by atoms with Gasteiger partial charge in [-0.1, -0.05) is 11.6 Å². The molecule has 0 heterocycles. The molecule has 0 spiro atoms. The Morgan fingerprint density at radius 2 is 2.19 bits per heavy atom. The van der Waals surface area contributed by atoms with Gasteiger partial charge < -0.3 is 10.1 Å². The second kappa shape index (κ2) is 7.22. The number of benzene rings is 1. The van der Waals surface area contributed by atoms with E-state index in [-0.39, 0.29) is 5.82 Å². The van der Waals surface area contributed by atoms with E-state index in [0.717, 1.165) is 6.54 Å². The Hall–Kier alpha value is -0.160. The van der Waals surface area contributed by atoms with Crippen molar-refractivity contribution in [3.63, 3.8) is 0 Å². The van der Waals surface area contributed by atoms with Crippen LogP contribution in [0.5, 0.6) is 0 Å². The standard InChI is InChI=1S/C11H14BrClFNO/c1-15-3-5-16-4-2-8-6-10(13)9(12)7-11(8)14/h6-7,15H,2-5H2,1H3. The third kappa shape index (κ3) is 4.37. The third-order valence-electron chi connectivity index (χ3n) is 2.10. The summed E-state index contributed by atoms with van der Waals surface area (Å²) in [4.78, 5) is 0. The van der Waals surface area contributed by atoms with Crippen LogP contribution in [0.3, 0.4) is 0 Å². The van der Waals surface area contributed by atoms with E-state index in [1.54, 1.807) is 6.07 Å². The van der Waals surface area contributed by atoms with Crippen molar-refractivity contribution in [3.05, 3.63) is 33.0 Å². The minimum absolute atomic E-state index is 0.256. The molecule has 0 bridgehead atoms. The van der Waals surface area contributed by atoms with Gasteiger partial charge in [-0.25, -0.2) is 4.39 Å². The van der Waals surface area contributed by atoms with Crippen molar-refractivity contribution in [1.29, 1.82) is 0 Å². The van der Waals surface area contributed by atoms with Gasteiger partial charge in [-0.3, -0.25) is 0 Å². The number of rotatable bonds is 6. The summed E-state index contributed by atoms with van der Waals surface area (Å²) in [6.45, 7) is 1.92. The molecule has 0 fully saturated rings. The molecule has 0 aliphatic heterocycles. The Morgan fingerprint density at radius 3 is 2.88 bits per heavy atom. The highest BCUT2D eigenvalue weighted by molar-refractivity contribution is 9.10. The smallest absolute Gasteiger partial charge is 0.127 e. The lowest BCUT2D eigenvalue weighted by molar-refractivity contribution is 0.140. The molecule has 1 N–H and O–H groups in total. The molecule has 0 aliphatic rings. The zero-order valence-corrected chi connectivity index (χ0v) is 11.4. The van der Waals surface area contributed by atoms with Crippen LogP contribution in [0.2, 0.25) is 5.02 Å². The first kappa shape index (κ1) is 13.9. The molecule has 0 aliphatic carbocycles. The van der Waals surface area contributed by atoms with Crippen LogP contribution in [-0.2, 0) is 11.2 Å². The van der Waals surface area contributed by atoms with E-state index >= 15 is 0 Å². The molecular weight excluding hydrogens is 296 g/mol. The number of halogens is 3. The Morgan fingerprint density at radius 1 is 1.44 bits per heavy atom. The number of hydrogen-bond acceptors (Lipinski definition) is 2. The van der Waals surface area contributed by atoms with Crippen LogP contribution in [0.4, 0.5) is 4.39 Å². The summed E-state index contributed by atoms with van der Waals surface area (Å²) >= 11 is 9.06. The van der Waals surface area contributed by atoms with Crippen molar-refractivity contribution in [2.24, 2.45) is 0 Å². The van der Waals surface area contributed by atoms with E-state index in [4.69, 9.17) is 16.3 Å². The molecule has 0 saturated heterocycles. The summed E-state index contributed by atoms with van der Waals surface area (Å²) in [6, 6.07) is 3.01. The van der Waals surface area contributed by atoms with E-state index in [2.05, 4.69) is 21.2 Å². The van der Waals surface area contributed by atoms with Crippen LogP contribution in [0.1, 0.15) is 5.56 Å². The lowest BCUT2D eigenvalue weighted by atomic mass is 10.1. The average Bonchev–Trinajstić information content (AvgIpc) is 2.25. The van der Waals surface area contributed by atoms with Crippen LogP contribution in [0.25, 0.3) is 0 Å². The van der Waals surface area contributed by atoms with Crippen LogP contribution in [0, 0.1) is 5.82 Å². The van der Waals surface area contributed by atoms with Crippen molar-refractivity contribution in [1.82, 2.24) is 5.32 Å². The lowest BCUT2D eigenvalue weighted by Crippen LogP contribution is -2.15. The molecule has 2 nitrogen and oxygen atoms in total. The van der Waals surface area contributed by atoms with Crippen molar-refractivity contribution >= 4 is 27.5 Å². The molecule has 1 aromatic rings. The fourth-order valence-corrected chi connectivity index (χ4v) is 1.72. The molecule has 0 saturated carbocycles. The van der Waals surface area contributed by atoms with Crippen molar-refractivity contribution in [3.8, 4) is 0 Å². The largest absolute Gasteiger partial charge is 0.380 e. The Kier molecular flexibility index (Phi) is 6.28. The second-order valence-electron chi connectivity index (χ2n) is 3.32. The minimum Gasteiger partial charge on any atom is -0.380 e. The zero-order valence-electron chi connectivity index (χ0n) is 9.03. The topological polar surface area (TPSA) is 21.3 Å². The molecule has 0 unspecified atom stereocenters. The van der Waals surface area contributed by atoms with Gasteiger partial charge >= 0.3 is 0 Å². The van der Waals surface area contributed by atoms with Gasteiger partial charge in [0.15, 0.2) is 0 Å². The van der Waals surface area contributed by atoms with Gasteiger partial charge in [0.05, 0.1) is 18.2 Å². The van der Waals surface area contributed by atoms with Gasteiger partial charge in [-0.15, -0.1) is 0 Å². The molecular formula is C11H14BrClFNO. The first-order valence-corrected chi connectivity index (χ1v) is 6.18. The predicted molar refractivity (Wildman–Crippen MR) is 67.6 cm³/mol. The molecule has 0 atom stereocenters. The highest BCUT2D eigenvalue weighted by atomic mass is 79.9. The van der Waals surface area contributed by atoms with Crippen LogP contribution >= 0.6 is 27.5 Å². The number of nitrogens with one attached hydrogen (secondary N) is 1. The van der Waals surface area contributed by atoms with Gasteiger partial charge in [0.2, 0.25) is 0 Å². The van der Waals surface area contributed by atoms with Crippen LogP contribution in [-0.4, -0.2) is 26.8 Å². The molecule has 5 heteroatoms.